The summed E-state index contributed by atoms with van der Waals surface area (Å²) in [6, 6.07) is 13.1. The van der Waals surface area contributed by atoms with Crippen LogP contribution in [0.25, 0.3) is 32.1 Å². The van der Waals surface area contributed by atoms with E-state index >= 15 is 0 Å². The minimum Gasteiger partial charge on any atom is -0.507 e. The highest BCUT2D eigenvalue weighted by molar-refractivity contribution is 7.17. The van der Waals surface area contributed by atoms with Crippen LogP contribution in [0.1, 0.15) is 18.4 Å². The molecule has 0 saturated heterocycles. The van der Waals surface area contributed by atoms with Crippen LogP contribution in [0.3, 0.4) is 0 Å². The van der Waals surface area contributed by atoms with Gasteiger partial charge in [-0.15, -0.1) is 23.7 Å². The number of fused-ring (bicyclic) bond motifs is 3. The number of nitrogens with two attached hydrogens (primary N) is 1. The summed E-state index contributed by atoms with van der Waals surface area (Å²) in [5.41, 5.74) is 8.77. The molecular formula is C20H18Cl2N2O2S. The number of nitrogens with zero attached hydrogens (tertiary/aromatic N) is 1. The average Bonchev–Trinajstić information content (AvgIpc) is 3.15. The molecule has 0 aliphatic carbocycles. The predicted molar refractivity (Wildman–Crippen MR) is 117 cm³/mol. The first-order chi connectivity index (χ1) is 12.5. The molecule has 0 bridgehead atoms. The number of rotatable bonds is 3. The van der Waals surface area contributed by atoms with Crippen LogP contribution in [-0.4, -0.2) is 15.7 Å². The third-order valence-corrected chi connectivity index (χ3v) is 6.04. The van der Waals surface area contributed by atoms with Gasteiger partial charge in [0.15, 0.2) is 0 Å². The number of pyridine rings is 1. The Hall–Kier alpha value is -2.05. The summed E-state index contributed by atoms with van der Waals surface area (Å²) >= 11 is 7.62. The Morgan fingerprint density at radius 1 is 1.19 bits per heavy atom. The molecule has 4 rings (SSSR count). The van der Waals surface area contributed by atoms with Crippen LogP contribution in [-0.2, 0) is 0 Å². The summed E-state index contributed by atoms with van der Waals surface area (Å²) in [5, 5.41) is 14.0. The molecule has 0 aliphatic heterocycles. The van der Waals surface area contributed by atoms with Gasteiger partial charge in [0.1, 0.15) is 10.4 Å². The summed E-state index contributed by atoms with van der Waals surface area (Å²) in [5.74, 6) is 0.418. The van der Waals surface area contributed by atoms with E-state index in [4.69, 9.17) is 17.5 Å². The highest BCUT2D eigenvalue weighted by atomic mass is 35.5. The normalized spacial score (nSPS) is 12.3. The Morgan fingerprint density at radius 3 is 2.56 bits per heavy atom. The molecule has 27 heavy (non-hydrogen) atoms. The highest BCUT2D eigenvalue weighted by Gasteiger charge is 2.18. The van der Waals surface area contributed by atoms with E-state index in [0.717, 1.165) is 26.0 Å². The van der Waals surface area contributed by atoms with Crippen molar-refractivity contribution in [3.8, 4) is 16.9 Å². The van der Waals surface area contributed by atoms with E-state index in [-0.39, 0.29) is 29.6 Å². The van der Waals surface area contributed by atoms with Crippen molar-refractivity contribution in [3.63, 3.8) is 0 Å². The van der Waals surface area contributed by atoms with Crippen LogP contribution in [0.4, 0.5) is 0 Å². The maximum absolute atomic E-state index is 12.5. The lowest BCUT2D eigenvalue weighted by atomic mass is 9.94. The standard InChI is InChI=1S/C20H17ClN2O2S.ClH/c1-11(10-22)12-2-4-13(5-3-12)17-16(24)7-6-15-18(17)14-8-9-26-19(14)20(25)23(15)21;/h2-9,11,24H,10,22H2,1H3;1H/t11-;/m0./s1. The van der Waals surface area contributed by atoms with Crippen LogP contribution < -0.4 is 11.3 Å². The van der Waals surface area contributed by atoms with E-state index in [2.05, 4.69) is 6.92 Å². The van der Waals surface area contributed by atoms with Crippen LogP contribution in [0.5, 0.6) is 5.75 Å². The molecule has 0 aliphatic rings. The van der Waals surface area contributed by atoms with Crippen molar-refractivity contribution in [1.29, 1.82) is 0 Å². The summed E-state index contributed by atoms with van der Waals surface area (Å²) in [6.07, 6.45) is 0. The Balaban J connectivity index is 0.00000210. The van der Waals surface area contributed by atoms with E-state index in [9.17, 15) is 9.90 Å². The number of phenolic OH excluding ortho intramolecular Hbond substituents is 1. The Kier molecular flexibility index (Phi) is 5.49. The molecule has 2 aromatic heterocycles. The number of benzene rings is 2. The van der Waals surface area contributed by atoms with Gasteiger partial charge in [-0.25, -0.2) is 4.09 Å². The van der Waals surface area contributed by atoms with Crippen molar-refractivity contribution in [2.75, 3.05) is 6.54 Å². The minimum atomic E-state index is -0.243. The highest BCUT2D eigenvalue weighted by Crippen LogP contribution is 2.40. The fourth-order valence-corrected chi connectivity index (χ4v) is 4.40. The minimum absolute atomic E-state index is 0. The Labute approximate surface area is 171 Å². The molecule has 3 N–H and O–H groups in total. The first-order valence-electron chi connectivity index (χ1n) is 8.27. The molecule has 0 spiro atoms. The lowest BCUT2D eigenvalue weighted by Gasteiger charge is -2.14. The quantitative estimate of drug-likeness (QED) is 0.485. The van der Waals surface area contributed by atoms with Crippen molar-refractivity contribution in [2.24, 2.45) is 5.73 Å². The zero-order valence-electron chi connectivity index (χ0n) is 14.5. The van der Waals surface area contributed by atoms with E-state index in [1.165, 1.54) is 11.3 Å². The molecule has 2 heterocycles. The molecule has 4 nitrogen and oxygen atoms in total. The summed E-state index contributed by atoms with van der Waals surface area (Å²) in [7, 11) is 0. The maximum atomic E-state index is 12.5. The van der Waals surface area contributed by atoms with Crippen LogP contribution in [0.2, 0.25) is 0 Å². The lowest BCUT2D eigenvalue weighted by Crippen LogP contribution is -2.12. The largest absolute Gasteiger partial charge is 0.507 e. The molecule has 0 saturated carbocycles. The van der Waals surface area contributed by atoms with Crippen LogP contribution >= 0.6 is 35.5 Å². The van der Waals surface area contributed by atoms with Gasteiger partial charge in [-0.2, -0.15) is 0 Å². The SMILES string of the molecule is C[C@@H](CN)c1ccc(-c2c(O)ccc3c2c2ccsc2c(=O)n3Cl)cc1.Cl. The molecule has 4 aromatic rings. The van der Waals surface area contributed by atoms with Crippen molar-refractivity contribution in [3.05, 3.63) is 63.8 Å². The number of thiophene rings is 1. The van der Waals surface area contributed by atoms with Gasteiger partial charge >= 0.3 is 0 Å². The zero-order chi connectivity index (χ0) is 18.4. The number of aromatic hydroxyl groups is 1. The van der Waals surface area contributed by atoms with Crippen LogP contribution in [0, 0.1) is 0 Å². The molecule has 0 unspecified atom stereocenters. The molecule has 0 amide bonds. The predicted octanol–water partition coefficient (Wildman–Crippen LogP) is 5.07. The first kappa shape index (κ1) is 19.7. The van der Waals surface area contributed by atoms with E-state index < -0.39 is 0 Å². The van der Waals surface area contributed by atoms with Gasteiger partial charge in [0.25, 0.3) is 5.56 Å². The van der Waals surface area contributed by atoms with Crippen molar-refractivity contribution in [2.45, 2.75) is 12.8 Å². The average molecular weight is 421 g/mol. The molecule has 1 atom stereocenters. The van der Waals surface area contributed by atoms with Crippen LogP contribution in [0.15, 0.2) is 52.6 Å². The van der Waals surface area contributed by atoms with Crippen molar-refractivity contribution >= 4 is 56.5 Å². The van der Waals surface area contributed by atoms with E-state index in [0.29, 0.717) is 22.3 Å². The molecule has 0 radical (unpaired) electrons. The second kappa shape index (κ2) is 7.52. The fourth-order valence-electron chi connectivity index (χ4n) is 3.29. The van der Waals surface area contributed by atoms with Gasteiger partial charge in [-0.3, -0.25) is 4.79 Å². The lowest BCUT2D eigenvalue weighted by molar-refractivity contribution is 0.478. The molecule has 7 heteroatoms. The molecule has 0 fully saturated rings. The van der Waals surface area contributed by atoms with Gasteiger partial charge < -0.3 is 10.8 Å². The summed E-state index contributed by atoms with van der Waals surface area (Å²) in [6.45, 7) is 2.65. The smallest absolute Gasteiger partial charge is 0.283 e. The Morgan fingerprint density at radius 2 is 1.89 bits per heavy atom. The third kappa shape index (κ3) is 3.11. The number of hydrogen-bond donors (Lipinski definition) is 2. The number of hydrogen-bond acceptors (Lipinski definition) is 4. The van der Waals surface area contributed by atoms with Crippen molar-refractivity contribution < 1.29 is 5.11 Å². The van der Waals surface area contributed by atoms with E-state index in [1.54, 1.807) is 12.1 Å². The summed E-state index contributed by atoms with van der Waals surface area (Å²) in [4.78, 5) is 12.5. The number of phenols is 1. The summed E-state index contributed by atoms with van der Waals surface area (Å²) < 4.78 is 1.70. The van der Waals surface area contributed by atoms with Gasteiger partial charge in [0.2, 0.25) is 0 Å². The van der Waals surface area contributed by atoms with Gasteiger partial charge in [0.05, 0.1) is 5.52 Å². The second-order valence-electron chi connectivity index (χ2n) is 6.36. The molecular weight excluding hydrogens is 403 g/mol. The first-order valence-corrected chi connectivity index (χ1v) is 9.49. The Bertz CT molecular complexity index is 1180. The monoisotopic (exact) mass is 420 g/mol. The number of aromatic nitrogens is 1. The molecule has 140 valence electrons. The second-order valence-corrected chi connectivity index (χ2v) is 7.62. The van der Waals surface area contributed by atoms with Gasteiger partial charge in [0, 0.05) is 28.1 Å². The maximum Gasteiger partial charge on any atom is 0.283 e. The van der Waals surface area contributed by atoms with E-state index in [1.807, 2.05) is 35.7 Å². The number of halogens is 2. The molecule has 2 aromatic carbocycles. The zero-order valence-corrected chi connectivity index (χ0v) is 16.9. The van der Waals surface area contributed by atoms with Gasteiger partial charge in [-0.05, 0) is 47.2 Å². The topological polar surface area (TPSA) is 68.2 Å². The third-order valence-electron chi connectivity index (χ3n) is 4.80. The van der Waals surface area contributed by atoms with Gasteiger partial charge in [-0.1, -0.05) is 31.2 Å². The van der Waals surface area contributed by atoms with Crippen molar-refractivity contribution in [1.82, 2.24) is 4.09 Å². The fraction of sp³-hybridized carbons (Fsp3) is 0.150.